The summed E-state index contributed by atoms with van der Waals surface area (Å²) in [6.45, 7) is 11.6. The van der Waals surface area contributed by atoms with Gasteiger partial charge >= 0.3 is 5.97 Å². The topological polar surface area (TPSA) is 112 Å². The van der Waals surface area contributed by atoms with E-state index in [1.54, 1.807) is 0 Å². The van der Waals surface area contributed by atoms with Crippen LogP contribution in [-0.2, 0) is 35.1 Å². The van der Waals surface area contributed by atoms with Gasteiger partial charge in [0.1, 0.15) is 0 Å². The zero-order valence-electron chi connectivity index (χ0n) is 22.6. The number of aliphatic hydroxyl groups is 1. The lowest BCUT2D eigenvalue weighted by molar-refractivity contribution is -0.290. The molecule has 0 aliphatic carbocycles. The molecule has 0 radical (unpaired) electrons. The fourth-order valence-corrected chi connectivity index (χ4v) is 5.44. The summed E-state index contributed by atoms with van der Waals surface area (Å²) in [5.74, 6) is -3.25. The van der Waals surface area contributed by atoms with Crippen LogP contribution < -0.4 is 0 Å². The Bertz CT molecular complexity index is 931. The number of ether oxygens (including phenoxy) is 4. The van der Waals surface area contributed by atoms with E-state index in [4.69, 9.17) is 18.9 Å². The zero-order valence-corrected chi connectivity index (χ0v) is 22.6. The lowest BCUT2D eigenvalue weighted by Crippen LogP contribution is -2.60. The maximum atomic E-state index is 13.5. The Morgan fingerprint density at radius 1 is 1.27 bits per heavy atom. The molecule has 2 N–H and O–H groups in total. The third kappa shape index (κ3) is 6.67. The van der Waals surface area contributed by atoms with Crippen molar-refractivity contribution in [3.8, 4) is 0 Å². The Kier molecular flexibility index (Phi) is 9.69. The van der Waals surface area contributed by atoms with Crippen LogP contribution >= 0.6 is 0 Å². The molecular formula is C29H42O8. The molecule has 0 spiro atoms. The van der Waals surface area contributed by atoms with E-state index >= 15 is 0 Å². The molecule has 2 saturated heterocycles. The number of carboxylic acids is 1. The van der Waals surface area contributed by atoms with Crippen LogP contribution in [0, 0.1) is 17.3 Å². The Balaban J connectivity index is 1.84. The predicted octanol–water partition coefficient (Wildman–Crippen LogP) is 4.14. The number of carboxylic acid groups (broad SMARTS) is 1. The highest BCUT2D eigenvalue weighted by molar-refractivity contribution is 5.88. The maximum Gasteiger partial charge on any atom is 0.305 e. The van der Waals surface area contributed by atoms with Crippen molar-refractivity contribution in [2.24, 2.45) is 17.3 Å². The Morgan fingerprint density at radius 3 is 2.54 bits per heavy atom. The van der Waals surface area contributed by atoms with Gasteiger partial charge in [-0.2, -0.15) is 0 Å². The number of hydrogen-bond acceptors (Lipinski definition) is 7. The molecule has 0 amide bonds. The molecule has 8 heteroatoms. The molecule has 8 atom stereocenters. The first-order valence-electron chi connectivity index (χ1n) is 13.0. The highest BCUT2D eigenvalue weighted by Crippen LogP contribution is 2.44. The molecule has 2 aliphatic rings. The molecule has 0 aromatic heterocycles. The first-order valence-corrected chi connectivity index (χ1v) is 13.0. The summed E-state index contributed by atoms with van der Waals surface area (Å²) in [5.41, 5.74) is 0.307. The third-order valence-corrected chi connectivity index (χ3v) is 8.08. The SMILES string of the molecule is C=C[C@@H](O)C(C)(C)[C@H]1C[C@@H](C)C(=O)[C@](C[C@@H]2C[C@H](OCc3ccccc3)[C@@H](C)[C@H](CC(=O)O)O2)(OC)O1. The highest BCUT2D eigenvalue weighted by Gasteiger charge is 2.55. The van der Waals surface area contributed by atoms with E-state index in [9.17, 15) is 19.8 Å². The van der Waals surface area contributed by atoms with Crippen molar-refractivity contribution in [2.75, 3.05) is 7.11 Å². The quantitative estimate of drug-likeness (QED) is 0.421. The number of aliphatic hydroxyl groups excluding tert-OH is 1. The highest BCUT2D eigenvalue weighted by atomic mass is 16.7. The van der Waals surface area contributed by atoms with Gasteiger partial charge in [-0.1, -0.05) is 64.1 Å². The van der Waals surface area contributed by atoms with Gasteiger partial charge in [-0.25, -0.2) is 0 Å². The Hall–Kier alpha value is -2.10. The number of benzene rings is 1. The van der Waals surface area contributed by atoms with Crippen molar-refractivity contribution in [1.82, 2.24) is 0 Å². The van der Waals surface area contributed by atoms with Gasteiger partial charge in [-0.05, 0) is 12.0 Å². The smallest absolute Gasteiger partial charge is 0.305 e. The van der Waals surface area contributed by atoms with Gasteiger partial charge in [0.2, 0.25) is 5.79 Å². The normalized spacial score (nSPS) is 33.6. The van der Waals surface area contributed by atoms with Crippen molar-refractivity contribution >= 4 is 11.8 Å². The first kappa shape index (κ1) is 29.5. The molecule has 0 saturated carbocycles. The lowest BCUT2D eigenvalue weighted by Gasteiger charge is -2.49. The van der Waals surface area contributed by atoms with Crippen LogP contribution in [0.5, 0.6) is 0 Å². The number of methoxy groups -OCH3 is 1. The number of aliphatic carboxylic acids is 1. The fraction of sp³-hybridized carbons (Fsp3) is 0.655. The zero-order chi connectivity index (χ0) is 27.4. The third-order valence-electron chi connectivity index (χ3n) is 8.08. The van der Waals surface area contributed by atoms with Crippen molar-refractivity contribution in [3.05, 3.63) is 48.6 Å². The van der Waals surface area contributed by atoms with E-state index in [0.717, 1.165) is 5.56 Å². The summed E-state index contributed by atoms with van der Waals surface area (Å²) in [6, 6.07) is 9.78. The molecule has 3 rings (SSSR count). The first-order chi connectivity index (χ1) is 17.4. The van der Waals surface area contributed by atoms with E-state index in [1.807, 2.05) is 58.0 Å². The van der Waals surface area contributed by atoms with Crippen molar-refractivity contribution in [3.63, 3.8) is 0 Å². The molecule has 2 aliphatic heterocycles. The predicted molar refractivity (Wildman–Crippen MR) is 138 cm³/mol. The summed E-state index contributed by atoms with van der Waals surface area (Å²) in [5, 5.41) is 20.1. The van der Waals surface area contributed by atoms with Gasteiger partial charge in [0.15, 0.2) is 5.78 Å². The maximum absolute atomic E-state index is 13.5. The minimum atomic E-state index is -1.58. The largest absolute Gasteiger partial charge is 0.481 e. The van der Waals surface area contributed by atoms with Crippen LogP contribution in [0.15, 0.2) is 43.0 Å². The number of rotatable bonds is 11. The van der Waals surface area contributed by atoms with Crippen molar-refractivity contribution in [2.45, 2.75) is 96.3 Å². The summed E-state index contributed by atoms with van der Waals surface area (Å²) < 4.78 is 24.7. The van der Waals surface area contributed by atoms with Crippen molar-refractivity contribution in [1.29, 1.82) is 0 Å². The van der Waals surface area contributed by atoms with Gasteiger partial charge in [-0.3, -0.25) is 9.59 Å². The molecule has 1 aromatic rings. The second-order valence-electron chi connectivity index (χ2n) is 11.1. The fourth-order valence-electron chi connectivity index (χ4n) is 5.44. The van der Waals surface area contributed by atoms with Gasteiger partial charge < -0.3 is 29.2 Å². The summed E-state index contributed by atoms with van der Waals surface area (Å²) in [4.78, 5) is 25.1. The standard InChI is InChI=1S/C29H42O8/c1-7-24(30)28(4,5)25-13-18(2)27(33)29(34-6,37-25)16-21-14-22(19(3)23(36-21)15-26(31)32)35-17-20-11-9-8-10-12-20/h7-12,18-19,21-25,30H,1,13-17H2,2-6H3,(H,31,32)/t18-,19-,21+,22+,23+,24-,25-,29-/m1/s1. The van der Waals surface area contributed by atoms with E-state index in [2.05, 4.69) is 6.58 Å². The summed E-state index contributed by atoms with van der Waals surface area (Å²) in [6.07, 6.45) is -0.407. The van der Waals surface area contributed by atoms with E-state index in [1.165, 1.54) is 13.2 Å². The summed E-state index contributed by atoms with van der Waals surface area (Å²) >= 11 is 0. The molecule has 0 bridgehead atoms. The number of Topliss-reactive ketones (excluding diaryl/α,β-unsaturated/α-hetero) is 1. The van der Waals surface area contributed by atoms with E-state index in [0.29, 0.717) is 19.4 Å². The summed E-state index contributed by atoms with van der Waals surface area (Å²) in [7, 11) is 1.44. The molecule has 2 fully saturated rings. The van der Waals surface area contributed by atoms with E-state index < -0.39 is 41.6 Å². The van der Waals surface area contributed by atoms with Crippen LogP contribution in [0.25, 0.3) is 0 Å². The van der Waals surface area contributed by atoms with Gasteiger partial charge in [0.25, 0.3) is 0 Å². The lowest BCUT2D eigenvalue weighted by atomic mass is 9.73. The van der Waals surface area contributed by atoms with Gasteiger partial charge in [0.05, 0.1) is 43.5 Å². The molecule has 37 heavy (non-hydrogen) atoms. The van der Waals surface area contributed by atoms with Crippen LogP contribution in [0.3, 0.4) is 0 Å². The Labute approximate surface area is 219 Å². The van der Waals surface area contributed by atoms with Gasteiger partial charge in [0, 0.05) is 37.2 Å². The van der Waals surface area contributed by atoms with Gasteiger partial charge in [-0.15, -0.1) is 6.58 Å². The molecular weight excluding hydrogens is 476 g/mol. The minimum Gasteiger partial charge on any atom is -0.481 e. The molecule has 1 aromatic carbocycles. The van der Waals surface area contributed by atoms with E-state index in [-0.39, 0.29) is 36.6 Å². The molecule has 8 nitrogen and oxygen atoms in total. The molecule has 0 unspecified atom stereocenters. The van der Waals surface area contributed by atoms with Crippen LogP contribution in [0.1, 0.15) is 58.9 Å². The minimum absolute atomic E-state index is 0.0947. The second-order valence-corrected chi connectivity index (χ2v) is 11.1. The average molecular weight is 519 g/mol. The number of carbonyl (C=O) groups is 2. The van der Waals surface area contributed by atoms with Crippen LogP contribution in [-0.4, -0.2) is 65.4 Å². The second kappa shape index (κ2) is 12.2. The van der Waals surface area contributed by atoms with Crippen LogP contribution in [0.2, 0.25) is 0 Å². The van der Waals surface area contributed by atoms with Crippen molar-refractivity contribution < 1.29 is 38.7 Å². The number of ketones is 1. The Morgan fingerprint density at radius 2 is 1.95 bits per heavy atom. The monoisotopic (exact) mass is 518 g/mol. The van der Waals surface area contributed by atoms with Crippen LogP contribution in [0.4, 0.5) is 0 Å². The molecule has 2 heterocycles. The number of carbonyl (C=O) groups excluding carboxylic acids is 1. The average Bonchev–Trinajstić information content (AvgIpc) is 2.87. The number of hydrogen-bond donors (Lipinski definition) is 2. The molecule has 206 valence electrons.